The maximum absolute atomic E-state index is 13.0. The second-order valence-electron chi connectivity index (χ2n) is 7.64. The molecule has 0 N–H and O–H groups in total. The van der Waals surface area contributed by atoms with Gasteiger partial charge in [0.25, 0.3) is 0 Å². The van der Waals surface area contributed by atoms with E-state index in [1.54, 1.807) is 11.0 Å². The van der Waals surface area contributed by atoms with Crippen LogP contribution in [0.3, 0.4) is 0 Å². The van der Waals surface area contributed by atoms with Gasteiger partial charge in [0, 0.05) is 45.2 Å². The predicted molar refractivity (Wildman–Crippen MR) is 121 cm³/mol. The molecule has 10 nitrogen and oxygen atoms in total. The Morgan fingerprint density at radius 1 is 1.09 bits per heavy atom. The van der Waals surface area contributed by atoms with Crippen molar-refractivity contribution in [1.29, 1.82) is 0 Å². The molecule has 0 saturated carbocycles. The van der Waals surface area contributed by atoms with Crippen LogP contribution in [0, 0.1) is 0 Å². The molecule has 0 unspecified atom stereocenters. The summed E-state index contributed by atoms with van der Waals surface area (Å²) in [6, 6.07) is 4.52. The molecular weight excluding hydrogens is 454 g/mol. The van der Waals surface area contributed by atoms with Crippen molar-refractivity contribution in [3.05, 3.63) is 24.0 Å². The molecule has 2 heterocycles. The number of methoxy groups -OCH3 is 2. The first-order chi connectivity index (χ1) is 15.2. The Balaban J connectivity index is 1.59. The Bertz CT molecular complexity index is 1060. The Hall–Kier alpha value is -2.31. The third-order valence-electron chi connectivity index (χ3n) is 5.29. The van der Waals surface area contributed by atoms with Crippen LogP contribution in [0.25, 0.3) is 0 Å². The Morgan fingerprint density at radius 3 is 2.31 bits per heavy atom. The van der Waals surface area contributed by atoms with Crippen LogP contribution in [0.15, 0.2) is 28.3 Å². The van der Waals surface area contributed by atoms with Crippen LogP contribution in [-0.2, 0) is 21.9 Å². The summed E-state index contributed by atoms with van der Waals surface area (Å²) < 4.78 is 39.8. The van der Waals surface area contributed by atoms with Crippen LogP contribution >= 0.6 is 11.8 Å². The number of ether oxygens (including phenoxy) is 2. The Labute approximate surface area is 192 Å². The summed E-state index contributed by atoms with van der Waals surface area (Å²) in [6.07, 6.45) is 0. The van der Waals surface area contributed by atoms with Gasteiger partial charge in [-0.05, 0) is 12.1 Å². The van der Waals surface area contributed by atoms with Gasteiger partial charge in [-0.3, -0.25) is 4.79 Å². The zero-order valence-corrected chi connectivity index (χ0v) is 20.6. The molecule has 32 heavy (non-hydrogen) atoms. The van der Waals surface area contributed by atoms with Crippen molar-refractivity contribution < 1.29 is 22.7 Å². The summed E-state index contributed by atoms with van der Waals surface area (Å²) in [5.74, 6) is 2.11. The van der Waals surface area contributed by atoms with E-state index >= 15 is 0 Å². The summed E-state index contributed by atoms with van der Waals surface area (Å²) in [5, 5.41) is 9.02. The standard InChI is InChI=1S/C20H29N5O5S2/c1-14(2)19-21-22-20(23(19)3)31-13-18(26)24-8-10-25(11-9-24)32(27,28)15-6-7-16(29-4)17(12-15)30-5/h6-7,12,14H,8-11,13H2,1-5H3. The number of carbonyl (C=O) groups is 1. The van der Waals surface area contributed by atoms with Gasteiger partial charge in [0.2, 0.25) is 15.9 Å². The fraction of sp³-hybridized carbons (Fsp3) is 0.550. The number of nitrogens with zero attached hydrogens (tertiary/aromatic N) is 5. The van der Waals surface area contributed by atoms with Gasteiger partial charge in [-0.2, -0.15) is 4.31 Å². The lowest BCUT2D eigenvalue weighted by Gasteiger charge is -2.34. The first kappa shape index (κ1) is 24.3. The average Bonchev–Trinajstić information content (AvgIpc) is 3.17. The molecule has 3 rings (SSSR count). The van der Waals surface area contributed by atoms with E-state index in [0.717, 1.165) is 5.82 Å². The lowest BCUT2D eigenvalue weighted by Crippen LogP contribution is -2.51. The lowest BCUT2D eigenvalue weighted by atomic mass is 10.2. The maximum Gasteiger partial charge on any atom is 0.243 e. The first-order valence-corrected chi connectivity index (χ1v) is 12.6. The zero-order valence-electron chi connectivity index (χ0n) is 18.9. The molecule has 1 amide bonds. The van der Waals surface area contributed by atoms with E-state index in [2.05, 4.69) is 10.2 Å². The summed E-state index contributed by atoms with van der Waals surface area (Å²) in [4.78, 5) is 14.5. The highest BCUT2D eigenvalue weighted by molar-refractivity contribution is 7.99. The minimum atomic E-state index is -3.70. The molecule has 12 heteroatoms. The minimum Gasteiger partial charge on any atom is -0.493 e. The van der Waals surface area contributed by atoms with Crippen molar-refractivity contribution in [2.45, 2.75) is 29.8 Å². The molecule has 0 spiro atoms. The fourth-order valence-electron chi connectivity index (χ4n) is 3.48. The highest BCUT2D eigenvalue weighted by Crippen LogP contribution is 2.31. The monoisotopic (exact) mass is 483 g/mol. The number of amides is 1. The van der Waals surface area contributed by atoms with Crippen molar-refractivity contribution in [2.24, 2.45) is 7.05 Å². The van der Waals surface area contributed by atoms with Crippen LogP contribution in [0.1, 0.15) is 25.6 Å². The summed E-state index contributed by atoms with van der Waals surface area (Å²) in [6.45, 7) is 5.21. The van der Waals surface area contributed by atoms with Gasteiger partial charge < -0.3 is 18.9 Å². The normalized spacial score (nSPS) is 15.2. The van der Waals surface area contributed by atoms with Crippen molar-refractivity contribution in [3.8, 4) is 11.5 Å². The highest BCUT2D eigenvalue weighted by Gasteiger charge is 2.31. The van der Waals surface area contributed by atoms with E-state index < -0.39 is 10.0 Å². The van der Waals surface area contributed by atoms with Crippen LogP contribution < -0.4 is 9.47 Å². The van der Waals surface area contributed by atoms with E-state index in [9.17, 15) is 13.2 Å². The molecule has 1 aliphatic rings. The molecule has 0 radical (unpaired) electrons. The fourth-order valence-corrected chi connectivity index (χ4v) is 5.74. The van der Waals surface area contributed by atoms with Gasteiger partial charge in [-0.15, -0.1) is 10.2 Å². The molecule has 1 aromatic carbocycles. The summed E-state index contributed by atoms with van der Waals surface area (Å²) in [5.41, 5.74) is 0. The number of hydrogen-bond acceptors (Lipinski definition) is 8. The third kappa shape index (κ3) is 5.02. The van der Waals surface area contributed by atoms with Gasteiger partial charge in [0.05, 0.1) is 24.9 Å². The summed E-state index contributed by atoms with van der Waals surface area (Å²) in [7, 11) is 1.14. The average molecular weight is 484 g/mol. The molecule has 2 aromatic rings. The number of benzene rings is 1. The number of hydrogen-bond donors (Lipinski definition) is 0. The van der Waals surface area contributed by atoms with Gasteiger partial charge in [0.15, 0.2) is 16.7 Å². The number of sulfonamides is 1. The molecule has 0 aliphatic carbocycles. The molecule has 1 fully saturated rings. The van der Waals surface area contributed by atoms with E-state index in [-0.39, 0.29) is 35.6 Å². The number of piperazine rings is 1. The van der Waals surface area contributed by atoms with Gasteiger partial charge in [0.1, 0.15) is 5.82 Å². The van der Waals surface area contributed by atoms with Crippen molar-refractivity contribution in [3.63, 3.8) is 0 Å². The van der Waals surface area contributed by atoms with Crippen molar-refractivity contribution in [2.75, 3.05) is 46.2 Å². The maximum atomic E-state index is 13.0. The van der Waals surface area contributed by atoms with Crippen LogP contribution in [-0.4, -0.2) is 84.4 Å². The molecule has 1 saturated heterocycles. The molecule has 1 aromatic heterocycles. The van der Waals surface area contributed by atoms with E-state index in [0.29, 0.717) is 29.7 Å². The van der Waals surface area contributed by atoms with E-state index in [1.807, 2.05) is 25.5 Å². The van der Waals surface area contributed by atoms with Gasteiger partial charge >= 0.3 is 0 Å². The molecule has 1 aliphatic heterocycles. The van der Waals surface area contributed by atoms with Crippen LogP contribution in [0.2, 0.25) is 0 Å². The number of carbonyl (C=O) groups excluding carboxylic acids is 1. The number of rotatable bonds is 8. The van der Waals surface area contributed by atoms with Crippen molar-refractivity contribution in [1.82, 2.24) is 24.0 Å². The molecule has 0 atom stereocenters. The number of thioether (sulfide) groups is 1. The smallest absolute Gasteiger partial charge is 0.243 e. The van der Waals surface area contributed by atoms with Crippen molar-refractivity contribution >= 4 is 27.7 Å². The summed E-state index contributed by atoms with van der Waals surface area (Å²) >= 11 is 1.34. The lowest BCUT2D eigenvalue weighted by molar-refractivity contribution is -0.129. The Kier molecular flexibility index (Phi) is 7.67. The molecule has 176 valence electrons. The van der Waals surface area contributed by atoms with Gasteiger partial charge in [-0.1, -0.05) is 25.6 Å². The Morgan fingerprint density at radius 2 is 1.75 bits per heavy atom. The largest absolute Gasteiger partial charge is 0.493 e. The predicted octanol–water partition coefficient (Wildman–Crippen LogP) is 1.58. The quantitative estimate of drug-likeness (QED) is 0.521. The minimum absolute atomic E-state index is 0.0488. The van der Waals surface area contributed by atoms with E-state index in [4.69, 9.17) is 9.47 Å². The molecular formula is C20H29N5O5S2. The molecule has 0 bridgehead atoms. The second kappa shape index (κ2) is 10.1. The highest BCUT2D eigenvalue weighted by atomic mass is 32.2. The van der Waals surface area contributed by atoms with Crippen LogP contribution in [0.4, 0.5) is 0 Å². The zero-order chi connectivity index (χ0) is 23.5. The van der Waals surface area contributed by atoms with Crippen LogP contribution in [0.5, 0.6) is 11.5 Å². The number of aromatic nitrogens is 3. The van der Waals surface area contributed by atoms with E-state index in [1.165, 1.54) is 42.4 Å². The topological polar surface area (TPSA) is 107 Å². The first-order valence-electron chi connectivity index (χ1n) is 10.2. The van der Waals surface area contributed by atoms with Gasteiger partial charge in [-0.25, -0.2) is 8.42 Å². The second-order valence-corrected chi connectivity index (χ2v) is 10.5. The SMILES string of the molecule is COc1ccc(S(=O)(=O)N2CCN(C(=O)CSc3nnc(C(C)C)n3C)CC2)cc1OC. The third-order valence-corrected chi connectivity index (χ3v) is 8.19.